The van der Waals surface area contributed by atoms with Crippen LogP contribution in [-0.2, 0) is 4.79 Å². The van der Waals surface area contributed by atoms with Gasteiger partial charge < -0.3 is 9.69 Å². The van der Waals surface area contributed by atoms with E-state index in [1.165, 1.54) is 6.42 Å². The van der Waals surface area contributed by atoms with Gasteiger partial charge in [0, 0.05) is 13.0 Å². The zero-order valence-electron chi connectivity index (χ0n) is 10.2. The summed E-state index contributed by atoms with van der Waals surface area (Å²) in [6.45, 7) is 11.7. The summed E-state index contributed by atoms with van der Waals surface area (Å²) in [7, 11) is 0. The SMILES string of the molecule is CCC(CCC(C)=O)CN(CC)CC. The van der Waals surface area contributed by atoms with E-state index in [0.717, 1.165) is 32.5 Å². The molecule has 14 heavy (non-hydrogen) atoms. The smallest absolute Gasteiger partial charge is 0.129 e. The Morgan fingerprint density at radius 1 is 1.21 bits per heavy atom. The summed E-state index contributed by atoms with van der Waals surface area (Å²) in [5.41, 5.74) is 0. The van der Waals surface area contributed by atoms with E-state index in [-0.39, 0.29) is 0 Å². The summed E-state index contributed by atoms with van der Waals surface area (Å²) in [5.74, 6) is 1.02. The molecule has 0 aromatic rings. The summed E-state index contributed by atoms with van der Waals surface area (Å²) < 4.78 is 0. The summed E-state index contributed by atoms with van der Waals surface area (Å²) >= 11 is 0. The van der Waals surface area contributed by atoms with Gasteiger partial charge in [-0.3, -0.25) is 0 Å². The number of Topliss-reactive ketones (excluding diaryl/α,β-unsaturated/α-hetero) is 1. The van der Waals surface area contributed by atoms with Crippen molar-refractivity contribution in [1.29, 1.82) is 0 Å². The second kappa shape index (κ2) is 7.98. The van der Waals surface area contributed by atoms with E-state index in [1.54, 1.807) is 6.92 Å². The van der Waals surface area contributed by atoms with Gasteiger partial charge in [0.2, 0.25) is 0 Å². The standard InChI is InChI=1S/C12H25NO/c1-5-12(9-8-11(4)14)10-13(6-2)7-3/h12H,5-10H2,1-4H3. The van der Waals surface area contributed by atoms with Gasteiger partial charge in [-0.05, 0) is 32.4 Å². The summed E-state index contributed by atoms with van der Waals surface area (Å²) in [4.78, 5) is 13.3. The largest absolute Gasteiger partial charge is 0.304 e. The first-order chi connectivity index (χ1) is 6.63. The average molecular weight is 199 g/mol. The van der Waals surface area contributed by atoms with Gasteiger partial charge in [-0.15, -0.1) is 0 Å². The fourth-order valence-electron chi connectivity index (χ4n) is 1.68. The lowest BCUT2D eigenvalue weighted by atomic mass is 9.98. The quantitative estimate of drug-likeness (QED) is 0.599. The van der Waals surface area contributed by atoms with Crippen LogP contribution in [-0.4, -0.2) is 30.3 Å². The third kappa shape index (κ3) is 6.14. The fraction of sp³-hybridized carbons (Fsp3) is 0.917. The van der Waals surface area contributed by atoms with E-state index in [9.17, 15) is 4.79 Å². The van der Waals surface area contributed by atoms with Crippen molar-refractivity contribution in [1.82, 2.24) is 4.90 Å². The molecular formula is C12H25NO. The van der Waals surface area contributed by atoms with Crippen LogP contribution >= 0.6 is 0 Å². The van der Waals surface area contributed by atoms with E-state index in [4.69, 9.17) is 0 Å². The molecule has 0 heterocycles. The molecule has 1 unspecified atom stereocenters. The molecule has 0 aliphatic heterocycles. The highest BCUT2D eigenvalue weighted by Gasteiger charge is 2.10. The van der Waals surface area contributed by atoms with Crippen molar-refractivity contribution in [3.05, 3.63) is 0 Å². The number of carbonyl (C=O) groups excluding carboxylic acids is 1. The monoisotopic (exact) mass is 199 g/mol. The Bertz CT molecular complexity index is 152. The molecule has 2 heteroatoms. The predicted octanol–water partition coefficient (Wildman–Crippen LogP) is 2.72. The van der Waals surface area contributed by atoms with Crippen molar-refractivity contribution in [3.63, 3.8) is 0 Å². The average Bonchev–Trinajstić information content (AvgIpc) is 2.18. The zero-order valence-corrected chi connectivity index (χ0v) is 10.2. The summed E-state index contributed by atoms with van der Waals surface area (Å²) in [5, 5.41) is 0. The lowest BCUT2D eigenvalue weighted by Gasteiger charge is -2.24. The van der Waals surface area contributed by atoms with E-state index >= 15 is 0 Å². The molecule has 2 nitrogen and oxygen atoms in total. The van der Waals surface area contributed by atoms with E-state index in [1.807, 2.05) is 0 Å². The van der Waals surface area contributed by atoms with Gasteiger partial charge in [-0.25, -0.2) is 0 Å². The Morgan fingerprint density at radius 3 is 2.14 bits per heavy atom. The molecule has 84 valence electrons. The van der Waals surface area contributed by atoms with Crippen LogP contribution in [0.3, 0.4) is 0 Å². The Kier molecular flexibility index (Phi) is 7.77. The Labute approximate surface area is 88.7 Å². The van der Waals surface area contributed by atoms with Gasteiger partial charge in [0.05, 0.1) is 0 Å². The van der Waals surface area contributed by atoms with Crippen LogP contribution in [0.4, 0.5) is 0 Å². The van der Waals surface area contributed by atoms with Crippen molar-refractivity contribution in [2.45, 2.75) is 47.0 Å². The minimum atomic E-state index is 0.322. The fourth-order valence-corrected chi connectivity index (χ4v) is 1.68. The van der Waals surface area contributed by atoms with E-state index in [0.29, 0.717) is 11.7 Å². The number of hydrogen-bond acceptors (Lipinski definition) is 2. The number of nitrogens with zero attached hydrogens (tertiary/aromatic N) is 1. The number of carbonyl (C=O) groups is 1. The Morgan fingerprint density at radius 2 is 1.79 bits per heavy atom. The van der Waals surface area contributed by atoms with Gasteiger partial charge in [0.1, 0.15) is 5.78 Å². The summed E-state index contributed by atoms with van der Waals surface area (Å²) in [6, 6.07) is 0. The minimum Gasteiger partial charge on any atom is -0.304 e. The first kappa shape index (κ1) is 13.6. The van der Waals surface area contributed by atoms with Crippen molar-refractivity contribution >= 4 is 5.78 Å². The van der Waals surface area contributed by atoms with Crippen molar-refractivity contribution in [2.75, 3.05) is 19.6 Å². The van der Waals surface area contributed by atoms with Gasteiger partial charge >= 0.3 is 0 Å². The Hall–Kier alpha value is -0.370. The molecule has 0 aromatic carbocycles. The zero-order chi connectivity index (χ0) is 11.0. The van der Waals surface area contributed by atoms with Crippen LogP contribution in [0.25, 0.3) is 0 Å². The molecule has 0 aliphatic rings. The van der Waals surface area contributed by atoms with Crippen molar-refractivity contribution in [2.24, 2.45) is 5.92 Å². The normalized spacial score (nSPS) is 13.2. The van der Waals surface area contributed by atoms with E-state index in [2.05, 4.69) is 25.7 Å². The molecule has 0 amide bonds. The highest BCUT2D eigenvalue weighted by molar-refractivity contribution is 5.75. The number of rotatable bonds is 8. The van der Waals surface area contributed by atoms with Gasteiger partial charge in [-0.2, -0.15) is 0 Å². The van der Waals surface area contributed by atoms with Crippen LogP contribution in [0.2, 0.25) is 0 Å². The molecule has 0 radical (unpaired) electrons. The first-order valence-corrected chi connectivity index (χ1v) is 5.85. The van der Waals surface area contributed by atoms with Crippen LogP contribution in [0.5, 0.6) is 0 Å². The van der Waals surface area contributed by atoms with Crippen molar-refractivity contribution in [3.8, 4) is 0 Å². The molecule has 0 saturated carbocycles. The molecule has 0 aromatic heterocycles. The van der Waals surface area contributed by atoms with Crippen LogP contribution in [0.1, 0.15) is 47.0 Å². The molecule has 0 N–H and O–H groups in total. The van der Waals surface area contributed by atoms with Gasteiger partial charge in [-0.1, -0.05) is 27.2 Å². The second-order valence-electron chi connectivity index (χ2n) is 4.00. The second-order valence-corrected chi connectivity index (χ2v) is 4.00. The van der Waals surface area contributed by atoms with Crippen molar-refractivity contribution < 1.29 is 4.79 Å². The minimum absolute atomic E-state index is 0.322. The molecule has 0 rings (SSSR count). The number of hydrogen-bond donors (Lipinski definition) is 0. The molecular weight excluding hydrogens is 174 g/mol. The highest BCUT2D eigenvalue weighted by Crippen LogP contribution is 2.13. The molecule has 0 spiro atoms. The third-order valence-corrected chi connectivity index (χ3v) is 2.89. The van der Waals surface area contributed by atoms with Crippen LogP contribution in [0.15, 0.2) is 0 Å². The first-order valence-electron chi connectivity index (χ1n) is 5.85. The lowest BCUT2D eigenvalue weighted by molar-refractivity contribution is -0.117. The maximum Gasteiger partial charge on any atom is 0.129 e. The molecule has 0 saturated heterocycles. The molecule has 0 aliphatic carbocycles. The third-order valence-electron chi connectivity index (χ3n) is 2.89. The van der Waals surface area contributed by atoms with Gasteiger partial charge in [0.15, 0.2) is 0 Å². The predicted molar refractivity (Wildman–Crippen MR) is 61.5 cm³/mol. The maximum absolute atomic E-state index is 10.9. The highest BCUT2D eigenvalue weighted by atomic mass is 16.1. The maximum atomic E-state index is 10.9. The number of ketones is 1. The van der Waals surface area contributed by atoms with Crippen LogP contribution in [0, 0.1) is 5.92 Å². The van der Waals surface area contributed by atoms with Crippen LogP contribution < -0.4 is 0 Å². The Balaban J connectivity index is 3.82. The molecule has 1 atom stereocenters. The molecule has 0 fully saturated rings. The van der Waals surface area contributed by atoms with E-state index < -0.39 is 0 Å². The lowest BCUT2D eigenvalue weighted by Crippen LogP contribution is -2.29. The molecule has 0 bridgehead atoms. The summed E-state index contributed by atoms with van der Waals surface area (Å²) in [6.07, 6.45) is 2.99. The van der Waals surface area contributed by atoms with Gasteiger partial charge in [0.25, 0.3) is 0 Å². The topological polar surface area (TPSA) is 20.3 Å².